The summed E-state index contributed by atoms with van der Waals surface area (Å²) >= 11 is 6.02. The topological polar surface area (TPSA) is 58.4 Å². The lowest BCUT2D eigenvalue weighted by Crippen LogP contribution is -2.41. The number of benzene rings is 1. The van der Waals surface area contributed by atoms with Gasteiger partial charge in [0, 0.05) is 17.6 Å². The zero-order chi connectivity index (χ0) is 17.1. The van der Waals surface area contributed by atoms with Crippen LogP contribution in [-0.2, 0) is 0 Å². The van der Waals surface area contributed by atoms with E-state index in [4.69, 9.17) is 11.6 Å². The Bertz CT molecular complexity index is 695. The van der Waals surface area contributed by atoms with E-state index in [1.54, 1.807) is 34.8 Å². The number of aliphatic hydroxyl groups excluding tert-OH is 1. The fraction of sp³-hybridized carbons (Fsp3) is 0.412. The second kappa shape index (κ2) is 7.15. The Morgan fingerprint density at radius 2 is 2.09 bits per heavy atom. The molecule has 0 radical (unpaired) electrons. The molecule has 0 saturated heterocycles. The summed E-state index contributed by atoms with van der Waals surface area (Å²) in [6.45, 7) is 7.67. The Balaban J connectivity index is 2.36. The fourth-order valence-corrected chi connectivity index (χ4v) is 2.64. The molecular formula is C17H22ClN3O2. The van der Waals surface area contributed by atoms with Crippen LogP contribution >= 0.6 is 11.6 Å². The summed E-state index contributed by atoms with van der Waals surface area (Å²) in [4.78, 5) is 14.4. The molecular weight excluding hydrogens is 314 g/mol. The van der Waals surface area contributed by atoms with Gasteiger partial charge in [0.05, 0.1) is 29.2 Å². The van der Waals surface area contributed by atoms with Crippen LogP contribution in [0.2, 0.25) is 5.02 Å². The van der Waals surface area contributed by atoms with E-state index >= 15 is 0 Å². The second-order valence-electron chi connectivity index (χ2n) is 5.94. The van der Waals surface area contributed by atoms with E-state index in [0.29, 0.717) is 10.6 Å². The monoisotopic (exact) mass is 335 g/mol. The quantitative estimate of drug-likeness (QED) is 0.913. The van der Waals surface area contributed by atoms with Gasteiger partial charge in [-0.1, -0.05) is 17.7 Å². The Hall–Kier alpha value is -1.85. The summed E-state index contributed by atoms with van der Waals surface area (Å²) in [5.74, 6) is -0.133. The van der Waals surface area contributed by atoms with Crippen LogP contribution in [0, 0.1) is 6.92 Å². The van der Waals surface area contributed by atoms with Crippen LogP contribution in [0.1, 0.15) is 36.8 Å². The number of rotatable bonds is 5. The first-order valence-electron chi connectivity index (χ1n) is 7.61. The Kier molecular flexibility index (Phi) is 5.44. The first-order chi connectivity index (χ1) is 10.8. The molecule has 2 rings (SSSR count). The lowest BCUT2D eigenvalue weighted by atomic mass is 10.2. The molecule has 0 fully saturated rings. The molecule has 1 aromatic carbocycles. The molecule has 1 N–H and O–H groups in total. The minimum atomic E-state index is -0.579. The maximum atomic E-state index is 12.8. The Morgan fingerprint density at radius 1 is 1.39 bits per heavy atom. The van der Waals surface area contributed by atoms with Crippen molar-refractivity contribution in [3.8, 4) is 5.69 Å². The standard InChI is InChI=1S/C17H22ClN3O2/c1-11(2)20(10-12(3)22)17(23)16-9-19-21(13(16)4)15-7-5-6-14(18)8-15/h5-9,11-12,22H,10H2,1-4H3. The van der Waals surface area contributed by atoms with Gasteiger partial charge in [0.15, 0.2) is 0 Å². The molecule has 0 aliphatic heterocycles. The number of hydrogen-bond acceptors (Lipinski definition) is 3. The fourth-order valence-electron chi connectivity index (χ4n) is 2.46. The van der Waals surface area contributed by atoms with Gasteiger partial charge in [0.2, 0.25) is 0 Å². The van der Waals surface area contributed by atoms with Gasteiger partial charge in [0.25, 0.3) is 5.91 Å². The van der Waals surface area contributed by atoms with Crippen LogP contribution in [0.25, 0.3) is 5.69 Å². The first kappa shape index (κ1) is 17.5. The Morgan fingerprint density at radius 3 is 2.65 bits per heavy atom. The molecule has 0 spiro atoms. The third-order valence-corrected chi connectivity index (χ3v) is 3.87. The number of carbonyl (C=O) groups is 1. The van der Waals surface area contributed by atoms with E-state index in [0.717, 1.165) is 11.4 Å². The van der Waals surface area contributed by atoms with E-state index in [-0.39, 0.29) is 18.5 Å². The van der Waals surface area contributed by atoms with Crippen molar-refractivity contribution in [1.29, 1.82) is 0 Å². The summed E-state index contributed by atoms with van der Waals surface area (Å²) in [7, 11) is 0. The van der Waals surface area contributed by atoms with Gasteiger partial charge >= 0.3 is 0 Å². The Labute approximate surface area is 141 Å². The largest absolute Gasteiger partial charge is 0.392 e. The highest BCUT2D eigenvalue weighted by Gasteiger charge is 2.24. The van der Waals surface area contributed by atoms with Crippen molar-refractivity contribution in [1.82, 2.24) is 14.7 Å². The van der Waals surface area contributed by atoms with Gasteiger partial charge in [-0.25, -0.2) is 4.68 Å². The lowest BCUT2D eigenvalue weighted by molar-refractivity contribution is 0.0578. The molecule has 1 aromatic heterocycles. The van der Waals surface area contributed by atoms with Gasteiger partial charge in [-0.05, 0) is 45.9 Å². The van der Waals surface area contributed by atoms with E-state index < -0.39 is 6.10 Å². The molecule has 1 amide bonds. The molecule has 6 heteroatoms. The van der Waals surface area contributed by atoms with Crippen LogP contribution in [-0.4, -0.2) is 44.4 Å². The summed E-state index contributed by atoms with van der Waals surface area (Å²) in [6, 6.07) is 7.31. The smallest absolute Gasteiger partial charge is 0.257 e. The van der Waals surface area contributed by atoms with E-state index in [2.05, 4.69) is 5.10 Å². The summed E-state index contributed by atoms with van der Waals surface area (Å²) < 4.78 is 1.69. The number of amides is 1. The van der Waals surface area contributed by atoms with Crippen LogP contribution in [0.3, 0.4) is 0 Å². The number of carbonyl (C=O) groups excluding carboxylic acids is 1. The van der Waals surface area contributed by atoms with Crippen molar-refractivity contribution in [2.75, 3.05) is 6.54 Å². The average molecular weight is 336 g/mol. The van der Waals surface area contributed by atoms with Crippen molar-refractivity contribution in [2.24, 2.45) is 0 Å². The van der Waals surface area contributed by atoms with Crippen LogP contribution < -0.4 is 0 Å². The lowest BCUT2D eigenvalue weighted by Gasteiger charge is -2.27. The maximum absolute atomic E-state index is 12.8. The summed E-state index contributed by atoms with van der Waals surface area (Å²) in [5, 5.41) is 14.6. The molecule has 23 heavy (non-hydrogen) atoms. The molecule has 0 bridgehead atoms. The normalized spacial score (nSPS) is 12.5. The van der Waals surface area contributed by atoms with E-state index in [9.17, 15) is 9.90 Å². The molecule has 1 heterocycles. The van der Waals surface area contributed by atoms with Gasteiger partial charge in [0.1, 0.15) is 0 Å². The maximum Gasteiger partial charge on any atom is 0.257 e. The summed E-state index contributed by atoms with van der Waals surface area (Å²) in [6.07, 6.45) is 0.986. The second-order valence-corrected chi connectivity index (χ2v) is 6.37. The molecule has 5 nitrogen and oxygen atoms in total. The molecule has 1 unspecified atom stereocenters. The highest BCUT2D eigenvalue weighted by atomic mass is 35.5. The van der Waals surface area contributed by atoms with E-state index in [1.165, 1.54) is 0 Å². The third kappa shape index (κ3) is 3.92. The molecule has 1 atom stereocenters. The highest BCUT2D eigenvalue weighted by molar-refractivity contribution is 6.30. The number of hydrogen-bond donors (Lipinski definition) is 1. The van der Waals surface area contributed by atoms with Crippen molar-refractivity contribution < 1.29 is 9.90 Å². The van der Waals surface area contributed by atoms with Crippen molar-refractivity contribution >= 4 is 17.5 Å². The number of aliphatic hydroxyl groups is 1. The molecule has 0 aliphatic rings. The van der Waals surface area contributed by atoms with Crippen LogP contribution in [0.5, 0.6) is 0 Å². The first-order valence-corrected chi connectivity index (χ1v) is 7.98. The number of halogens is 1. The molecule has 0 saturated carbocycles. The average Bonchev–Trinajstić information content (AvgIpc) is 2.85. The van der Waals surface area contributed by atoms with Gasteiger partial charge < -0.3 is 10.0 Å². The minimum Gasteiger partial charge on any atom is -0.392 e. The number of aromatic nitrogens is 2. The van der Waals surface area contributed by atoms with Crippen LogP contribution in [0.15, 0.2) is 30.5 Å². The number of nitrogens with zero attached hydrogens (tertiary/aromatic N) is 3. The zero-order valence-electron chi connectivity index (χ0n) is 13.8. The van der Waals surface area contributed by atoms with E-state index in [1.807, 2.05) is 32.9 Å². The van der Waals surface area contributed by atoms with Crippen molar-refractivity contribution in [2.45, 2.75) is 39.8 Å². The predicted octanol–water partition coefficient (Wildman–Crippen LogP) is 3.07. The zero-order valence-corrected chi connectivity index (χ0v) is 14.6. The molecule has 0 aliphatic carbocycles. The minimum absolute atomic E-state index is 0.00832. The van der Waals surface area contributed by atoms with Crippen molar-refractivity contribution in [3.05, 3.63) is 46.7 Å². The van der Waals surface area contributed by atoms with Crippen molar-refractivity contribution in [3.63, 3.8) is 0 Å². The predicted molar refractivity (Wildman–Crippen MR) is 91.2 cm³/mol. The summed E-state index contributed by atoms with van der Waals surface area (Å²) in [5.41, 5.74) is 2.08. The van der Waals surface area contributed by atoms with Gasteiger partial charge in [-0.3, -0.25) is 4.79 Å². The van der Waals surface area contributed by atoms with Gasteiger partial charge in [-0.15, -0.1) is 0 Å². The molecule has 2 aromatic rings. The third-order valence-electron chi connectivity index (χ3n) is 3.64. The van der Waals surface area contributed by atoms with Gasteiger partial charge in [-0.2, -0.15) is 5.10 Å². The SMILES string of the molecule is Cc1c(C(=O)N(CC(C)O)C(C)C)cnn1-c1cccc(Cl)c1. The van der Waals surface area contributed by atoms with Crippen LogP contribution in [0.4, 0.5) is 0 Å². The molecule has 124 valence electrons. The highest BCUT2D eigenvalue weighted by Crippen LogP contribution is 2.19.